The van der Waals surface area contributed by atoms with Crippen LogP contribution >= 0.6 is 11.3 Å². The van der Waals surface area contributed by atoms with Gasteiger partial charge in [0.25, 0.3) is 0 Å². The molecule has 0 bridgehead atoms. The van der Waals surface area contributed by atoms with Crippen molar-refractivity contribution < 1.29 is 14.3 Å². The zero-order chi connectivity index (χ0) is 22.6. The summed E-state index contributed by atoms with van der Waals surface area (Å²) < 4.78 is 10.8. The molecule has 1 amide bonds. The summed E-state index contributed by atoms with van der Waals surface area (Å²) in [5.74, 6) is 1.43. The van der Waals surface area contributed by atoms with Gasteiger partial charge in [0.2, 0.25) is 12.7 Å². The second-order valence-electron chi connectivity index (χ2n) is 8.10. The molecule has 1 aromatic heterocycles. The normalized spacial score (nSPS) is 16.7. The van der Waals surface area contributed by atoms with Gasteiger partial charge in [0.1, 0.15) is 0 Å². The Morgan fingerprint density at radius 1 is 1.15 bits per heavy atom. The van der Waals surface area contributed by atoms with Crippen molar-refractivity contribution in [1.29, 1.82) is 0 Å². The maximum Gasteiger partial charge on any atom is 0.248 e. The lowest BCUT2D eigenvalue weighted by Gasteiger charge is -2.14. The van der Waals surface area contributed by atoms with Crippen LogP contribution in [0.25, 0.3) is 10.4 Å². The number of carbonyl (C=O) groups is 1. The zero-order valence-corrected chi connectivity index (χ0v) is 18.9. The number of allylic oxidation sites excluding steroid dienone is 2. The van der Waals surface area contributed by atoms with E-state index in [-0.39, 0.29) is 5.91 Å². The van der Waals surface area contributed by atoms with Crippen LogP contribution in [0.2, 0.25) is 0 Å². The number of anilines is 2. The van der Waals surface area contributed by atoms with Gasteiger partial charge in [-0.2, -0.15) is 0 Å². The van der Waals surface area contributed by atoms with Gasteiger partial charge in [-0.25, -0.2) is 0 Å². The number of nitrogen functional groups attached to an aromatic ring is 1. The number of amides is 1. The smallest absolute Gasteiger partial charge is 0.248 e. The van der Waals surface area contributed by atoms with Gasteiger partial charge in [-0.05, 0) is 53.3 Å². The molecule has 0 saturated carbocycles. The molecular formula is C26H25N3O3S. The van der Waals surface area contributed by atoms with Crippen LogP contribution in [0.4, 0.5) is 11.4 Å². The summed E-state index contributed by atoms with van der Waals surface area (Å²) in [6.07, 6.45) is 6.38. The molecule has 1 fully saturated rings. The van der Waals surface area contributed by atoms with Crippen molar-refractivity contribution in [2.24, 2.45) is 0 Å². The van der Waals surface area contributed by atoms with Crippen molar-refractivity contribution in [1.82, 2.24) is 4.90 Å². The lowest BCUT2D eigenvalue weighted by Crippen LogP contribution is -2.18. The minimum atomic E-state index is -0.197. The fourth-order valence-electron chi connectivity index (χ4n) is 4.02. The van der Waals surface area contributed by atoms with Crippen LogP contribution in [0.15, 0.2) is 77.7 Å². The highest BCUT2D eigenvalue weighted by Gasteiger charge is 2.18. The Hall–Kier alpha value is -3.55. The molecule has 0 radical (unpaired) electrons. The standard InChI is InChI=1S/C26H25N3O3S/c27-21-8-7-20(25-4-2-12-33-25)14-22(21)28-26(30)5-1-3-18-10-11-29(15-18)16-19-6-9-23-24(13-19)32-17-31-23/h1-9,12-14H,10-11,15-17,27H2,(H,28,30)/b5-1+,18-3-. The predicted octanol–water partition coefficient (Wildman–Crippen LogP) is 5.05. The van der Waals surface area contributed by atoms with Gasteiger partial charge < -0.3 is 20.5 Å². The average Bonchev–Trinajstić information content (AvgIpc) is 3.57. The predicted molar refractivity (Wildman–Crippen MR) is 132 cm³/mol. The molecule has 2 aliphatic heterocycles. The molecule has 0 atom stereocenters. The number of likely N-dealkylation sites (tertiary alicyclic amines) is 1. The third kappa shape index (κ3) is 5.10. The molecule has 0 spiro atoms. The topological polar surface area (TPSA) is 76.8 Å². The van der Waals surface area contributed by atoms with E-state index in [1.807, 2.05) is 60.0 Å². The number of carbonyl (C=O) groups excluding carboxylic acids is 1. The Morgan fingerprint density at radius 2 is 2.06 bits per heavy atom. The summed E-state index contributed by atoms with van der Waals surface area (Å²) in [6.45, 7) is 3.03. The number of hydrogen-bond acceptors (Lipinski definition) is 6. The van der Waals surface area contributed by atoms with Crippen molar-refractivity contribution in [2.75, 3.05) is 30.9 Å². The molecular weight excluding hydrogens is 434 g/mol. The SMILES string of the molecule is Nc1ccc(-c2cccs2)cc1NC(=O)/C=C/C=C1/CCN(Cc2ccc3c(c2)OCO3)C1. The summed E-state index contributed by atoms with van der Waals surface area (Å²) >= 11 is 1.65. The van der Waals surface area contributed by atoms with Gasteiger partial charge in [0, 0.05) is 30.6 Å². The number of ether oxygens (including phenoxy) is 2. The Morgan fingerprint density at radius 3 is 2.94 bits per heavy atom. The van der Waals surface area contributed by atoms with Gasteiger partial charge >= 0.3 is 0 Å². The maximum absolute atomic E-state index is 12.4. The lowest BCUT2D eigenvalue weighted by molar-refractivity contribution is -0.111. The van der Waals surface area contributed by atoms with Gasteiger partial charge in [0.05, 0.1) is 11.4 Å². The van der Waals surface area contributed by atoms with Gasteiger partial charge in [-0.15, -0.1) is 11.3 Å². The molecule has 2 aromatic carbocycles. The van der Waals surface area contributed by atoms with E-state index < -0.39 is 0 Å². The fourth-order valence-corrected chi connectivity index (χ4v) is 4.75. The summed E-state index contributed by atoms with van der Waals surface area (Å²) in [7, 11) is 0. The molecule has 2 aliphatic rings. The highest BCUT2D eigenvalue weighted by Crippen LogP contribution is 2.33. The summed E-state index contributed by atoms with van der Waals surface area (Å²) in [4.78, 5) is 15.9. The number of nitrogens with zero attached hydrogens (tertiary/aromatic N) is 1. The minimum Gasteiger partial charge on any atom is -0.454 e. The molecule has 6 nitrogen and oxygen atoms in total. The molecule has 0 aliphatic carbocycles. The van der Waals surface area contributed by atoms with Crippen molar-refractivity contribution in [3.05, 3.63) is 83.3 Å². The van der Waals surface area contributed by atoms with Gasteiger partial charge in [0.15, 0.2) is 11.5 Å². The highest BCUT2D eigenvalue weighted by molar-refractivity contribution is 7.13. The molecule has 168 valence electrons. The molecule has 3 N–H and O–H groups in total. The van der Waals surface area contributed by atoms with E-state index in [1.165, 1.54) is 11.1 Å². The van der Waals surface area contributed by atoms with E-state index in [2.05, 4.69) is 16.3 Å². The lowest BCUT2D eigenvalue weighted by atomic mass is 10.1. The Bertz CT molecular complexity index is 1220. The Balaban J connectivity index is 1.15. The van der Waals surface area contributed by atoms with Crippen LogP contribution < -0.4 is 20.5 Å². The molecule has 0 unspecified atom stereocenters. The summed E-state index contributed by atoms with van der Waals surface area (Å²) in [5, 5.41) is 4.92. The van der Waals surface area contributed by atoms with Crippen molar-refractivity contribution in [3.8, 4) is 21.9 Å². The number of hydrogen-bond donors (Lipinski definition) is 2. The first kappa shape index (κ1) is 21.3. The molecule has 5 rings (SSSR count). The minimum absolute atomic E-state index is 0.197. The number of rotatable bonds is 6. The average molecular weight is 460 g/mol. The molecule has 3 aromatic rings. The van der Waals surface area contributed by atoms with E-state index in [0.29, 0.717) is 18.2 Å². The van der Waals surface area contributed by atoms with Crippen LogP contribution in [0.5, 0.6) is 11.5 Å². The molecule has 7 heteroatoms. The van der Waals surface area contributed by atoms with Crippen LogP contribution in [-0.2, 0) is 11.3 Å². The van der Waals surface area contributed by atoms with Crippen molar-refractivity contribution >= 4 is 28.6 Å². The van der Waals surface area contributed by atoms with Crippen LogP contribution in [0, 0.1) is 0 Å². The third-order valence-electron chi connectivity index (χ3n) is 5.72. The number of benzene rings is 2. The molecule has 33 heavy (non-hydrogen) atoms. The van der Waals surface area contributed by atoms with Gasteiger partial charge in [-0.3, -0.25) is 9.69 Å². The number of nitrogens with two attached hydrogens (primary N) is 1. The van der Waals surface area contributed by atoms with Crippen molar-refractivity contribution in [2.45, 2.75) is 13.0 Å². The summed E-state index contributed by atoms with van der Waals surface area (Å²) in [5.41, 5.74) is 10.8. The Labute approximate surface area is 196 Å². The first-order valence-corrected chi connectivity index (χ1v) is 11.7. The first-order chi connectivity index (χ1) is 16.1. The first-order valence-electron chi connectivity index (χ1n) is 10.9. The summed E-state index contributed by atoms with van der Waals surface area (Å²) in [6, 6.07) is 15.8. The van der Waals surface area contributed by atoms with Crippen LogP contribution in [0.3, 0.4) is 0 Å². The number of nitrogens with one attached hydrogen (secondary N) is 1. The van der Waals surface area contributed by atoms with Crippen LogP contribution in [0.1, 0.15) is 12.0 Å². The third-order valence-corrected chi connectivity index (χ3v) is 6.63. The number of fused-ring (bicyclic) bond motifs is 1. The molecule has 1 saturated heterocycles. The van der Waals surface area contributed by atoms with E-state index in [1.54, 1.807) is 17.4 Å². The molecule has 3 heterocycles. The van der Waals surface area contributed by atoms with Crippen LogP contribution in [-0.4, -0.2) is 30.7 Å². The Kier molecular flexibility index (Phi) is 6.15. The quantitative estimate of drug-likeness (QED) is 0.398. The van der Waals surface area contributed by atoms with Crippen molar-refractivity contribution in [3.63, 3.8) is 0 Å². The monoisotopic (exact) mass is 459 g/mol. The number of thiophene rings is 1. The van der Waals surface area contributed by atoms with Gasteiger partial charge in [-0.1, -0.05) is 35.9 Å². The fraction of sp³-hybridized carbons (Fsp3) is 0.192. The van der Waals surface area contributed by atoms with E-state index in [9.17, 15) is 4.79 Å². The maximum atomic E-state index is 12.4. The van der Waals surface area contributed by atoms with E-state index in [0.717, 1.165) is 48.0 Å². The largest absolute Gasteiger partial charge is 0.454 e. The van der Waals surface area contributed by atoms with E-state index >= 15 is 0 Å². The van der Waals surface area contributed by atoms with E-state index in [4.69, 9.17) is 15.2 Å². The zero-order valence-electron chi connectivity index (χ0n) is 18.1. The second kappa shape index (κ2) is 9.52. The second-order valence-corrected chi connectivity index (χ2v) is 9.05. The highest BCUT2D eigenvalue weighted by atomic mass is 32.1.